The van der Waals surface area contributed by atoms with Gasteiger partial charge in [-0.3, -0.25) is 0 Å². The Morgan fingerprint density at radius 2 is 2.06 bits per heavy atom. The topological polar surface area (TPSA) is 43.7 Å². The lowest BCUT2D eigenvalue weighted by Crippen LogP contribution is -2.38. The van der Waals surface area contributed by atoms with Crippen LogP contribution in [0.3, 0.4) is 0 Å². The summed E-state index contributed by atoms with van der Waals surface area (Å²) < 4.78 is 0. The van der Waals surface area contributed by atoms with E-state index in [0.29, 0.717) is 5.56 Å². The first kappa shape index (κ1) is 12.2. The number of nitrogens with zero attached hydrogens (tertiary/aromatic N) is 1. The normalized spacial score (nSPS) is 20.6. The zero-order chi connectivity index (χ0) is 12.6. The number of hydrogen-bond donors (Lipinski definition) is 2. The van der Waals surface area contributed by atoms with Gasteiger partial charge in [-0.25, -0.2) is 0 Å². The Morgan fingerprint density at radius 1 is 1.35 bits per heavy atom. The zero-order valence-corrected chi connectivity index (χ0v) is 10.8. The van der Waals surface area contributed by atoms with Gasteiger partial charge in [-0.05, 0) is 39.7 Å². The molecule has 1 aliphatic heterocycles. The molecule has 1 fully saturated rings. The molecule has 94 valence electrons. The fourth-order valence-corrected chi connectivity index (χ4v) is 2.64. The van der Waals surface area contributed by atoms with E-state index in [1.54, 1.807) is 13.0 Å². The molecule has 1 unspecified atom stereocenters. The Balaban J connectivity index is 2.32. The summed E-state index contributed by atoms with van der Waals surface area (Å²) in [6.07, 6.45) is 1.73. The van der Waals surface area contributed by atoms with Crippen molar-refractivity contribution in [2.75, 3.05) is 11.4 Å². The van der Waals surface area contributed by atoms with Crippen LogP contribution in [0.1, 0.15) is 45.3 Å². The van der Waals surface area contributed by atoms with Gasteiger partial charge in [-0.15, -0.1) is 0 Å². The lowest BCUT2D eigenvalue weighted by Gasteiger charge is -2.34. The molecule has 1 aliphatic rings. The summed E-state index contributed by atoms with van der Waals surface area (Å²) in [6, 6.07) is 5.55. The average Bonchev–Trinajstić information content (AvgIpc) is 2.57. The van der Waals surface area contributed by atoms with Gasteiger partial charge >= 0.3 is 0 Å². The van der Waals surface area contributed by atoms with Crippen LogP contribution in [0.5, 0.6) is 5.75 Å². The van der Waals surface area contributed by atoms with Crippen molar-refractivity contribution in [2.24, 2.45) is 0 Å². The standard InChI is InChI=1S/C14H21NO2/c1-10(16)12-6-5-11(9-13(12)17)15-8-4-7-14(15,2)3/h5-6,9-10,16-17H,4,7-8H2,1-3H3. The number of anilines is 1. The van der Waals surface area contributed by atoms with Crippen molar-refractivity contribution in [3.8, 4) is 5.75 Å². The monoisotopic (exact) mass is 235 g/mol. The van der Waals surface area contributed by atoms with Crippen LogP contribution in [0.4, 0.5) is 5.69 Å². The number of aliphatic hydroxyl groups is 1. The zero-order valence-electron chi connectivity index (χ0n) is 10.8. The molecule has 2 N–H and O–H groups in total. The van der Waals surface area contributed by atoms with Gasteiger partial charge in [0, 0.05) is 29.4 Å². The lowest BCUT2D eigenvalue weighted by molar-refractivity contribution is 0.195. The van der Waals surface area contributed by atoms with E-state index in [1.165, 1.54) is 12.8 Å². The summed E-state index contributed by atoms with van der Waals surface area (Å²) in [5.74, 6) is 0.181. The molecule has 0 radical (unpaired) electrons. The smallest absolute Gasteiger partial charge is 0.123 e. The number of phenols is 1. The van der Waals surface area contributed by atoms with Gasteiger partial charge in [0.25, 0.3) is 0 Å². The van der Waals surface area contributed by atoms with Crippen molar-refractivity contribution in [3.05, 3.63) is 23.8 Å². The van der Waals surface area contributed by atoms with Gasteiger partial charge in [0.2, 0.25) is 0 Å². The Bertz CT molecular complexity index is 413. The van der Waals surface area contributed by atoms with Gasteiger partial charge < -0.3 is 15.1 Å². The first-order valence-electron chi connectivity index (χ1n) is 6.20. The summed E-state index contributed by atoms with van der Waals surface area (Å²) >= 11 is 0. The summed E-state index contributed by atoms with van der Waals surface area (Å²) in [5.41, 5.74) is 1.78. The van der Waals surface area contributed by atoms with Crippen LogP contribution >= 0.6 is 0 Å². The third kappa shape index (κ3) is 2.25. The molecule has 0 aliphatic carbocycles. The maximum absolute atomic E-state index is 9.91. The number of hydrogen-bond acceptors (Lipinski definition) is 3. The fraction of sp³-hybridized carbons (Fsp3) is 0.571. The van der Waals surface area contributed by atoms with E-state index in [2.05, 4.69) is 18.7 Å². The fourth-order valence-electron chi connectivity index (χ4n) is 2.64. The van der Waals surface area contributed by atoms with Crippen molar-refractivity contribution >= 4 is 5.69 Å². The third-order valence-corrected chi connectivity index (χ3v) is 3.68. The van der Waals surface area contributed by atoms with Gasteiger partial charge in [-0.1, -0.05) is 6.07 Å². The molecule has 17 heavy (non-hydrogen) atoms. The molecular formula is C14H21NO2. The third-order valence-electron chi connectivity index (χ3n) is 3.68. The molecule has 3 heteroatoms. The van der Waals surface area contributed by atoms with Crippen LogP contribution in [0.2, 0.25) is 0 Å². The highest BCUT2D eigenvalue weighted by atomic mass is 16.3. The lowest BCUT2D eigenvalue weighted by atomic mass is 10.0. The van der Waals surface area contributed by atoms with Crippen LogP contribution in [-0.4, -0.2) is 22.3 Å². The van der Waals surface area contributed by atoms with Gasteiger partial charge in [0.15, 0.2) is 0 Å². The number of phenolic OH excluding ortho intramolecular Hbond substituents is 1. The van der Waals surface area contributed by atoms with E-state index in [1.807, 2.05) is 12.1 Å². The van der Waals surface area contributed by atoms with Crippen LogP contribution in [0, 0.1) is 0 Å². The highest BCUT2D eigenvalue weighted by Crippen LogP contribution is 2.36. The van der Waals surface area contributed by atoms with Gasteiger partial charge in [0.1, 0.15) is 5.75 Å². The highest BCUT2D eigenvalue weighted by molar-refractivity contribution is 5.56. The SMILES string of the molecule is CC(O)c1ccc(N2CCCC2(C)C)cc1O. The van der Waals surface area contributed by atoms with E-state index in [0.717, 1.165) is 12.2 Å². The molecule has 0 spiro atoms. The van der Waals surface area contributed by atoms with Crippen LogP contribution in [0.25, 0.3) is 0 Å². The van der Waals surface area contributed by atoms with Crippen molar-refractivity contribution in [1.82, 2.24) is 0 Å². The van der Waals surface area contributed by atoms with Gasteiger partial charge in [0.05, 0.1) is 6.10 Å². The number of rotatable bonds is 2. The average molecular weight is 235 g/mol. The largest absolute Gasteiger partial charge is 0.507 e. The van der Waals surface area contributed by atoms with E-state index < -0.39 is 6.10 Å². The number of aromatic hydroxyl groups is 1. The minimum atomic E-state index is -0.629. The molecule has 1 heterocycles. The first-order chi connectivity index (χ1) is 7.92. The minimum absolute atomic E-state index is 0.152. The summed E-state index contributed by atoms with van der Waals surface area (Å²) in [5, 5.41) is 19.4. The van der Waals surface area contributed by atoms with Crippen molar-refractivity contribution < 1.29 is 10.2 Å². The summed E-state index contributed by atoms with van der Waals surface area (Å²) in [6.45, 7) is 7.13. The Morgan fingerprint density at radius 3 is 2.53 bits per heavy atom. The molecule has 1 atom stereocenters. The second-order valence-electron chi connectivity index (χ2n) is 5.49. The molecule has 0 saturated carbocycles. The summed E-state index contributed by atoms with van der Waals surface area (Å²) in [4.78, 5) is 2.32. The Kier molecular flexibility index (Phi) is 3.04. The Labute approximate surface area is 103 Å². The molecule has 0 bridgehead atoms. The second kappa shape index (κ2) is 4.22. The van der Waals surface area contributed by atoms with Crippen LogP contribution in [0.15, 0.2) is 18.2 Å². The van der Waals surface area contributed by atoms with E-state index in [-0.39, 0.29) is 11.3 Å². The molecular weight excluding hydrogens is 214 g/mol. The second-order valence-corrected chi connectivity index (χ2v) is 5.49. The molecule has 0 amide bonds. The quantitative estimate of drug-likeness (QED) is 0.828. The van der Waals surface area contributed by atoms with Crippen LogP contribution < -0.4 is 4.90 Å². The number of aliphatic hydroxyl groups excluding tert-OH is 1. The first-order valence-corrected chi connectivity index (χ1v) is 6.20. The molecule has 1 aromatic rings. The molecule has 0 aromatic heterocycles. The molecule has 3 nitrogen and oxygen atoms in total. The van der Waals surface area contributed by atoms with Crippen molar-refractivity contribution in [1.29, 1.82) is 0 Å². The number of benzene rings is 1. The maximum Gasteiger partial charge on any atom is 0.123 e. The molecule has 1 saturated heterocycles. The van der Waals surface area contributed by atoms with Crippen molar-refractivity contribution in [2.45, 2.75) is 45.3 Å². The van der Waals surface area contributed by atoms with E-state index >= 15 is 0 Å². The minimum Gasteiger partial charge on any atom is -0.507 e. The molecule has 2 rings (SSSR count). The Hall–Kier alpha value is -1.22. The highest BCUT2D eigenvalue weighted by Gasteiger charge is 2.32. The van der Waals surface area contributed by atoms with E-state index in [9.17, 15) is 10.2 Å². The summed E-state index contributed by atoms with van der Waals surface area (Å²) in [7, 11) is 0. The maximum atomic E-state index is 9.91. The van der Waals surface area contributed by atoms with Gasteiger partial charge in [-0.2, -0.15) is 0 Å². The molecule has 1 aromatic carbocycles. The van der Waals surface area contributed by atoms with E-state index in [4.69, 9.17) is 0 Å². The predicted molar refractivity (Wildman–Crippen MR) is 69.4 cm³/mol. The van der Waals surface area contributed by atoms with Crippen LogP contribution in [-0.2, 0) is 0 Å². The van der Waals surface area contributed by atoms with Crippen molar-refractivity contribution in [3.63, 3.8) is 0 Å². The predicted octanol–water partition coefficient (Wildman–Crippen LogP) is 2.82.